The third-order valence-electron chi connectivity index (χ3n) is 4.11. The first-order valence-corrected chi connectivity index (χ1v) is 7.58. The number of hydrogen-bond acceptors (Lipinski definition) is 5. The molecule has 2 heterocycles. The molecule has 2 aromatic rings. The largest absolute Gasteiger partial charge is 0.338 e. The second-order valence-electron chi connectivity index (χ2n) is 5.70. The number of hydrogen-bond donors (Lipinski definition) is 1. The fraction of sp³-hybridized carbons (Fsp3) is 0.500. The van der Waals surface area contributed by atoms with E-state index in [0.29, 0.717) is 18.5 Å². The van der Waals surface area contributed by atoms with Crippen molar-refractivity contribution in [3.63, 3.8) is 0 Å². The normalized spacial score (nSPS) is 18.9. The Labute approximate surface area is 137 Å². The number of benzene rings is 1. The summed E-state index contributed by atoms with van der Waals surface area (Å²) in [5.41, 5.74) is 8.19. The molecule has 0 spiro atoms. The van der Waals surface area contributed by atoms with Gasteiger partial charge in [-0.25, -0.2) is 0 Å². The lowest BCUT2D eigenvalue weighted by molar-refractivity contribution is 0.135. The molecule has 0 radical (unpaired) electrons. The van der Waals surface area contributed by atoms with Crippen molar-refractivity contribution in [2.45, 2.75) is 45.3 Å². The number of rotatable bonds is 4. The van der Waals surface area contributed by atoms with Gasteiger partial charge in [0, 0.05) is 6.04 Å². The smallest absolute Gasteiger partial charge is 0.240 e. The molecule has 1 aliphatic heterocycles. The molecule has 1 saturated heterocycles. The van der Waals surface area contributed by atoms with Crippen molar-refractivity contribution in [3.8, 4) is 0 Å². The van der Waals surface area contributed by atoms with Crippen LogP contribution < -0.4 is 5.73 Å². The third kappa shape index (κ3) is 3.85. The van der Waals surface area contributed by atoms with Crippen LogP contribution in [-0.2, 0) is 13.1 Å². The highest BCUT2D eigenvalue weighted by atomic mass is 35.5. The van der Waals surface area contributed by atoms with Crippen LogP contribution in [0.2, 0.25) is 0 Å². The summed E-state index contributed by atoms with van der Waals surface area (Å²) in [5.74, 6) is 1.24. The maximum atomic E-state index is 5.52. The van der Waals surface area contributed by atoms with Crippen LogP contribution in [0.5, 0.6) is 0 Å². The lowest BCUT2D eigenvalue weighted by Gasteiger charge is -2.35. The molecule has 0 bridgehead atoms. The van der Waals surface area contributed by atoms with Crippen molar-refractivity contribution in [3.05, 3.63) is 47.1 Å². The molecule has 1 fully saturated rings. The predicted octanol–water partition coefficient (Wildman–Crippen LogP) is 2.99. The van der Waals surface area contributed by atoms with Gasteiger partial charge >= 0.3 is 0 Å². The Morgan fingerprint density at radius 2 is 2.05 bits per heavy atom. The molecule has 0 saturated carbocycles. The average Bonchev–Trinajstić information content (AvgIpc) is 2.96. The summed E-state index contributed by atoms with van der Waals surface area (Å²) in [6, 6.07) is 9.28. The molecular formula is C16H23ClN4O. The van der Waals surface area contributed by atoms with E-state index in [4.69, 9.17) is 10.3 Å². The van der Waals surface area contributed by atoms with Crippen molar-refractivity contribution in [1.29, 1.82) is 0 Å². The standard InChI is InChI=1S/C16H22N4O.ClH/c1-12-5-7-13(8-6-12)14-4-2-3-9-20(14)11-15-18-16(10-17)21-19-15;/h5-8,14H,2-4,9-11,17H2,1H3;1H. The molecule has 120 valence electrons. The van der Waals surface area contributed by atoms with Gasteiger partial charge in [-0.2, -0.15) is 4.98 Å². The molecular weight excluding hydrogens is 300 g/mol. The van der Waals surface area contributed by atoms with Gasteiger partial charge in [0.1, 0.15) is 0 Å². The van der Waals surface area contributed by atoms with E-state index in [-0.39, 0.29) is 12.4 Å². The zero-order valence-corrected chi connectivity index (χ0v) is 13.7. The minimum absolute atomic E-state index is 0. The van der Waals surface area contributed by atoms with Crippen molar-refractivity contribution < 1.29 is 4.52 Å². The van der Waals surface area contributed by atoms with Crippen LogP contribution in [0, 0.1) is 6.92 Å². The van der Waals surface area contributed by atoms with E-state index in [0.717, 1.165) is 18.9 Å². The third-order valence-corrected chi connectivity index (χ3v) is 4.11. The molecule has 1 aromatic carbocycles. The van der Waals surface area contributed by atoms with Gasteiger partial charge in [-0.1, -0.05) is 41.4 Å². The zero-order valence-electron chi connectivity index (χ0n) is 12.9. The monoisotopic (exact) mass is 322 g/mol. The maximum absolute atomic E-state index is 5.52. The first-order valence-electron chi connectivity index (χ1n) is 7.58. The number of nitrogens with zero attached hydrogens (tertiary/aromatic N) is 3. The molecule has 5 nitrogen and oxygen atoms in total. The van der Waals surface area contributed by atoms with Gasteiger partial charge in [-0.3, -0.25) is 4.90 Å². The number of nitrogens with two attached hydrogens (primary N) is 1. The molecule has 6 heteroatoms. The Morgan fingerprint density at radius 3 is 2.73 bits per heavy atom. The highest BCUT2D eigenvalue weighted by Gasteiger charge is 2.25. The number of halogens is 1. The predicted molar refractivity (Wildman–Crippen MR) is 87.6 cm³/mol. The van der Waals surface area contributed by atoms with Gasteiger partial charge in [-0.15, -0.1) is 12.4 Å². The Balaban J connectivity index is 0.00000176. The van der Waals surface area contributed by atoms with Gasteiger partial charge < -0.3 is 10.3 Å². The zero-order chi connectivity index (χ0) is 14.7. The van der Waals surface area contributed by atoms with Crippen LogP contribution in [0.25, 0.3) is 0 Å². The highest BCUT2D eigenvalue weighted by Crippen LogP contribution is 2.31. The second-order valence-corrected chi connectivity index (χ2v) is 5.70. The van der Waals surface area contributed by atoms with Gasteiger partial charge in [0.05, 0.1) is 13.1 Å². The summed E-state index contributed by atoms with van der Waals surface area (Å²) in [6.07, 6.45) is 3.68. The molecule has 3 rings (SSSR count). The van der Waals surface area contributed by atoms with Crippen molar-refractivity contribution in [2.24, 2.45) is 5.73 Å². The molecule has 0 aliphatic carbocycles. The summed E-state index contributed by atoms with van der Waals surface area (Å²) < 4.78 is 5.10. The SMILES string of the molecule is Cc1ccc(C2CCCCN2Cc2noc(CN)n2)cc1.Cl. The van der Waals surface area contributed by atoms with Gasteiger partial charge in [-0.05, 0) is 31.9 Å². The molecule has 0 amide bonds. The first-order chi connectivity index (χ1) is 10.3. The lowest BCUT2D eigenvalue weighted by atomic mass is 9.94. The van der Waals surface area contributed by atoms with Crippen molar-refractivity contribution in [2.75, 3.05) is 6.54 Å². The van der Waals surface area contributed by atoms with Gasteiger partial charge in [0.2, 0.25) is 5.89 Å². The van der Waals surface area contributed by atoms with E-state index in [9.17, 15) is 0 Å². The highest BCUT2D eigenvalue weighted by molar-refractivity contribution is 5.85. The Kier molecular flexibility index (Phi) is 5.94. The number of aromatic nitrogens is 2. The molecule has 1 unspecified atom stereocenters. The average molecular weight is 323 g/mol. The van der Waals surface area contributed by atoms with Crippen LogP contribution in [0.1, 0.15) is 48.1 Å². The van der Waals surface area contributed by atoms with E-state index >= 15 is 0 Å². The molecule has 1 atom stereocenters. The second kappa shape index (κ2) is 7.72. The fourth-order valence-corrected chi connectivity index (χ4v) is 2.97. The van der Waals surface area contributed by atoms with Crippen molar-refractivity contribution in [1.82, 2.24) is 15.0 Å². The molecule has 2 N–H and O–H groups in total. The number of likely N-dealkylation sites (tertiary alicyclic amines) is 1. The quantitative estimate of drug-likeness (QED) is 0.937. The van der Waals surface area contributed by atoms with E-state index < -0.39 is 0 Å². The van der Waals surface area contributed by atoms with E-state index in [2.05, 4.69) is 46.2 Å². The Bertz CT molecular complexity index is 584. The van der Waals surface area contributed by atoms with E-state index in [1.165, 1.54) is 30.4 Å². The number of piperidine rings is 1. The first kappa shape index (κ1) is 16.9. The minimum atomic E-state index is 0. The van der Waals surface area contributed by atoms with Crippen LogP contribution >= 0.6 is 12.4 Å². The molecule has 22 heavy (non-hydrogen) atoms. The van der Waals surface area contributed by atoms with E-state index in [1.54, 1.807) is 0 Å². The van der Waals surface area contributed by atoms with Crippen LogP contribution in [0.4, 0.5) is 0 Å². The summed E-state index contributed by atoms with van der Waals surface area (Å²) in [7, 11) is 0. The van der Waals surface area contributed by atoms with E-state index in [1.807, 2.05) is 0 Å². The Hall–Kier alpha value is -1.43. The summed E-state index contributed by atoms with van der Waals surface area (Å²) >= 11 is 0. The Morgan fingerprint density at radius 1 is 1.27 bits per heavy atom. The van der Waals surface area contributed by atoms with Crippen LogP contribution in [0.3, 0.4) is 0 Å². The van der Waals surface area contributed by atoms with Crippen molar-refractivity contribution >= 4 is 12.4 Å². The van der Waals surface area contributed by atoms with Gasteiger partial charge in [0.25, 0.3) is 0 Å². The molecule has 1 aromatic heterocycles. The summed E-state index contributed by atoms with van der Waals surface area (Å²) in [4.78, 5) is 6.76. The maximum Gasteiger partial charge on any atom is 0.240 e. The minimum Gasteiger partial charge on any atom is -0.338 e. The van der Waals surface area contributed by atoms with Crippen LogP contribution in [0.15, 0.2) is 28.8 Å². The topological polar surface area (TPSA) is 68.2 Å². The van der Waals surface area contributed by atoms with Gasteiger partial charge in [0.15, 0.2) is 5.82 Å². The number of aryl methyl sites for hydroxylation is 1. The summed E-state index contributed by atoms with van der Waals surface area (Å²) in [6.45, 7) is 4.22. The fourth-order valence-electron chi connectivity index (χ4n) is 2.97. The van der Waals surface area contributed by atoms with Crippen LogP contribution in [-0.4, -0.2) is 21.6 Å². The lowest BCUT2D eigenvalue weighted by Crippen LogP contribution is -2.33. The summed E-state index contributed by atoms with van der Waals surface area (Å²) in [5, 5.41) is 4.02. The molecule has 1 aliphatic rings.